The van der Waals surface area contributed by atoms with E-state index in [1.807, 2.05) is 0 Å². The van der Waals surface area contributed by atoms with Crippen LogP contribution in [0.3, 0.4) is 0 Å². The lowest BCUT2D eigenvalue weighted by Gasteiger charge is -2.17. The third kappa shape index (κ3) is 3.78. The molecular weight excluding hydrogens is 260 g/mol. The van der Waals surface area contributed by atoms with Crippen LogP contribution in [0.25, 0.3) is 0 Å². The van der Waals surface area contributed by atoms with Crippen LogP contribution in [0.15, 0.2) is 6.33 Å². The van der Waals surface area contributed by atoms with Gasteiger partial charge in [0.1, 0.15) is 6.33 Å². The fourth-order valence-corrected chi connectivity index (χ4v) is 1.73. The Morgan fingerprint density at radius 1 is 1.44 bits per heavy atom. The molecule has 0 saturated heterocycles. The van der Waals surface area contributed by atoms with Gasteiger partial charge in [0.2, 0.25) is 11.0 Å². The summed E-state index contributed by atoms with van der Waals surface area (Å²) in [5.41, 5.74) is -0.274. The maximum absolute atomic E-state index is 10.9. The van der Waals surface area contributed by atoms with E-state index in [0.717, 1.165) is 19.3 Å². The van der Waals surface area contributed by atoms with Crippen molar-refractivity contribution in [3.05, 3.63) is 21.6 Å². The molecule has 0 bridgehead atoms. The van der Waals surface area contributed by atoms with Crippen LogP contribution < -0.4 is 4.90 Å². The standard InChI is InChI=1S/C10H15ClN4O3/c1-14(5-3-2-4-6-16)10-8(15(17)18)9(11)12-7-13-10/h7,16H,2-6H2,1H3. The molecule has 0 unspecified atom stereocenters. The fourth-order valence-electron chi connectivity index (χ4n) is 1.53. The number of rotatable bonds is 7. The molecule has 0 aromatic carbocycles. The second kappa shape index (κ2) is 7.07. The van der Waals surface area contributed by atoms with Crippen LogP contribution in [0, 0.1) is 10.1 Å². The van der Waals surface area contributed by atoms with Crippen molar-refractivity contribution in [2.45, 2.75) is 19.3 Å². The van der Waals surface area contributed by atoms with E-state index < -0.39 is 4.92 Å². The van der Waals surface area contributed by atoms with Crippen LogP contribution >= 0.6 is 11.6 Å². The number of anilines is 1. The summed E-state index contributed by atoms with van der Waals surface area (Å²) in [6, 6.07) is 0. The lowest BCUT2D eigenvalue weighted by atomic mass is 10.2. The van der Waals surface area contributed by atoms with E-state index in [-0.39, 0.29) is 23.3 Å². The SMILES string of the molecule is CN(CCCCCO)c1ncnc(Cl)c1[N+](=O)[O-]. The monoisotopic (exact) mass is 274 g/mol. The summed E-state index contributed by atoms with van der Waals surface area (Å²) in [5, 5.41) is 19.4. The summed E-state index contributed by atoms with van der Waals surface area (Å²) in [4.78, 5) is 19.5. The molecule has 0 amide bonds. The molecule has 0 aliphatic carbocycles. The van der Waals surface area contributed by atoms with E-state index in [1.165, 1.54) is 6.33 Å². The Balaban J connectivity index is 2.76. The highest BCUT2D eigenvalue weighted by molar-refractivity contribution is 6.31. The zero-order chi connectivity index (χ0) is 13.5. The summed E-state index contributed by atoms with van der Waals surface area (Å²) in [6.45, 7) is 0.761. The first-order valence-corrected chi connectivity index (χ1v) is 5.92. The van der Waals surface area contributed by atoms with Crippen LogP contribution in [-0.4, -0.2) is 40.2 Å². The first-order chi connectivity index (χ1) is 8.57. The van der Waals surface area contributed by atoms with Gasteiger partial charge in [0, 0.05) is 20.2 Å². The molecule has 0 aliphatic heterocycles. The Morgan fingerprint density at radius 2 is 2.17 bits per heavy atom. The predicted octanol–water partition coefficient (Wildman–Crippen LogP) is 1.64. The molecule has 1 heterocycles. The number of aromatic nitrogens is 2. The first-order valence-electron chi connectivity index (χ1n) is 5.54. The highest BCUT2D eigenvalue weighted by Gasteiger charge is 2.23. The van der Waals surface area contributed by atoms with Crippen LogP contribution in [0.2, 0.25) is 5.15 Å². The molecular formula is C10H15ClN4O3. The topological polar surface area (TPSA) is 92.4 Å². The number of aliphatic hydroxyl groups excluding tert-OH is 1. The third-order valence-electron chi connectivity index (χ3n) is 2.45. The minimum Gasteiger partial charge on any atom is -0.396 e. The van der Waals surface area contributed by atoms with E-state index in [9.17, 15) is 10.1 Å². The van der Waals surface area contributed by atoms with E-state index in [4.69, 9.17) is 16.7 Å². The molecule has 8 heteroatoms. The molecule has 0 radical (unpaired) electrons. The van der Waals surface area contributed by atoms with E-state index >= 15 is 0 Å². The van der Waals surface area contributed by atoms with Gasteiger partial charge >= 0.3 is 5.69 Å². The third-order valence-corrected chi connectivity index (χ3v) is 2.73. The maximum atomic E-state index is 10.9. The van der Waals surface area contributed by atoms with Gasteiger partial charge in [0.15, 0.2) is 0 Å². The van der Waals surface area contributed by atoms with Crippen molar-refractivity contribution in [1.29, 1.82) is 0 Å². The first kappa shape index (κ1) is 14.6. The Kier molecular flexibility index (Phi) is 5.73. The number of unbranched alkanes of at least 4 members (excludes halogenated alkanes) is 2. The zero-order valence-electron chi connectivity index (χ0n) is 10.0. The van der Waals surface area contributed by atoms with Crippen molar-refractivity contribution in [2.75, 3.05) is 25.1 Å². The van der Waals surface area contributed by atoms with Crippen molar-refractivity contribution >= 4 is 23.1 Å². The number of aliphatic hydroxyl groups is 1. The average molecular weight is 275 g/mol. The van der Waals surface area contributed by atoms with Crippen molar-refractivity contribution in [3.8, 4) is 0 Å². The maximum Gasteiger partial charge on any atom is 0.348 e. The summed E-state index contributed by atoms with van der Waals surface area (Å²) in [7, 11) is 1.71. The second-order valence-corrected chi connectivity index (χ2v) is 4.16. The van der Waals surface area contributed by atoms with Gasteiger partial charge in [-0.25, -0.2) is 9.97 Å². The summed E-state index contributed by atoms with van der Waals surface area (Å²) >= 11 is 5.70. The quantitative estimate of drug-likeness (QED) is 0.352. The summed E-state index contributed by atoms with van der Waals surface area (Å²) in [6.07, 6.45) is 3.60. The average Bonchev–Trinajstić information content (AvgIpc) is 2.33. The Bertz CT molecular complexity index is 416. The molecule has 7 nitrogen and oxygen atoms in total. The zero-order valence-corrected chi connectivity index (χ0v) is 10.8. The Morgan fingerprint density at radius 3 is 2.78 bits per heavy atom. The van der Waals surface area contributed by atoms with Gasteiger partial charge in [-0.2, -0.15) is 0 Å². The number of halogens is 1. The fraction of sp³-hybridized carbons (Fsp3) is 0.600. The van der Waals surface area contributed by atoms with Crippen LogP contribution in [0.1, 0.15) is 19.3 Å². The largest absolute Gasteiger partial charge is 0.396 e. The van der Waals surface area contributed by atoms with Gasteiger partial charge in [0.25, 0.3) is 0 Å². The smallest absolute Gasteiger partial charge is 0.348 e. The molecule has 0 fully saturated rings. The van der Waals surface area contributed by atoms with Crippen LogP contribution in [0.5, 0.6) is 0 Å². The van der Waals surface area contributed by atoms with E-state index in [1.54, 1.807) is 11.9 Å². The van der Waals surface area contributed by atoms with Crippen molar-refractivity contribution in [1.82, 2.24) is 9.97 Å². The minimum atomic E-state index is -0.581. The predicted molar refractivity (Wildman–Crippen MR) is 67.9 cm³/mol. The number of nitro groups is 1. The van der Waals surface area contributed by atoms with Gasteiger partial charge in [0.05, 0.1) is 4.92 Å². The Hall–Kier alpha value is -1.47. The number of hydrogen-bond donors (Lipinski definition) is 1. The summed E-state index contributed by atoms with van der Waals surface area (Å²) < 4.78 is 0. The van der Waals surface area contributed by atoms with Crippen molar-refractivity contribution in [2.24, 2.45) is 0 Å². The number of nitrogens with zero attached hydrogens (tertiary/aromatic N) is 4. The lowest BCUT2D eigenvalue weighted by Crippen LogP contribution is -2.21. The molecule has 1 rings (SSSR count). The van der Waals surface area contributed by atoms with Crippen molar-refractivity contribution in [3.63, 3.8) is 0 Å². The molecule has 1 aromatic heterocycles. The van der Waals surface area contributed by atoms with Gasteiger partial charge in [-0.15, -0.1) is 0 Å². The van der Waals surface area contributed by atoms with Crippen LogP contribution in [0.4, 0.5) is 11.5 Å². The van der Waals surface area contributed by atoms with Gasteiger partial charge in [-0.3, -0.25) is 10.1 Å². The second-order valence-electron chi connectivity index (χ2n) is 3.80. The van der Waals surface area contributed by atoms with E-state index in [0.29, 0.717) is 6.54 Å². The molecule has 1 aromatic rings. The molecule has 100 valence electrons. The van der Waals surface area contributed by atoms with Gasteiger partial charge in [-0.1, -0.05) is 11.6 Å². The van der Waals surface area contributed by atoms with Crippen LogP contribution in [-0.2, 0) is 0 Å². The lowest BCUT2D eigenvalue weighted by molar-refractivity contribution is -0.384. The molecule has 0 aliphatic rings. The molecule has 0 saturated carbocycles. The minimum absolute atomic E-state index is 0.156. The van der Waals surface area contributed by atoms with Gasteiger partial charge in [-0.05, 0) is 19.3 Å². The molecule has 1 N–H and O–H groups in total. The summed E-state index contributed by atoms with van der Waals surface area (Å²) in [5.74, 6) is 0.212. The molecule has 0 spiro atoms. The van der Waals surface area contributed by atoms with Crippen molar-refractivity contribution < 1.29 is 10.0 Å². The van der Waals surface area contributed by atoms with E-state index in [2.05, 4.69) is 9.97 Å². The van der Waals surface area contributed by atoms with Gasteiger partial charge < -0.3 is 10.0 Å². The number of hydrogen-bond acceptors (Lipinski definition) is 6. The normalized spacial score (nSPS) is 10.4. The highest BCUT2D eigenvalue weighted by atomic mass is 35.5. The highest BCUT2D eigenvalue weighted by Crippen LogP contribution is 2.30. The molecule has 0 atom stereocenters. The molecule has 18 heavy (non-hydrogen) atoms. The Labute approximate surface area is 110 Å².